The number of hydrogen-bond acceptors (Lipinski definition) is 10. The maximum atomic E-state index is 13.8. The van der Waals surface area contributed by atoms with E-state index in [4.69, 9.17) is 25.8 Å². The Kier molecular flexibility index (Phi) is 8.84. The molecule has 0 saturated carbocycles. The summed E-state index contributed by atoms with van der Waals surface area (Å²) >= 11 is 8.94. The lowest BCUT2D eigenvalue weighted by molar-refractivity contribution is -0.132. The first-order valence-corrected chi connectivity index (χ1v) is 16.8. The number of nitrogens with zero attached hydrogens (tertiary/aromatic N) is 3. The maximum absolute atomic E-state index is 13.8. The Hall–Kier alpha value is -4.84. The monoisotopic (exact) mass is 683 g/mol. The predicted octanol–water partition coefficient (Wildman–Crippen LogP) is 7.46. The van der Waals surface area contributed by atoms with Crippen molar-refractivity contribution in [3.8, 4) is 17.2 Å². The summed E-state index contributed by atoms with van der Waals surface area (Å²) in [5, 5.41) is 21.1. The van der Waals surface area contributed by atoms with Crippen molar-refractivity contribution in [3.05, 3.63) is 130 Å². The topological polar surface area (TPSA) is 111 Å². The summed E-state index contributed by atoms with van der Waals surface area (Å²) < 4.78 is 18.0. The Labute approximate surface area is 283 Å². The van der Waals surface area contributed by atoms with Gasteiger partial charge in [-0.1, -0.05) is 95.4 Å². The van der Waals surface area contributed by atoms with Gasteiger partial charge in [0.1, 0.15) is 31.3 Å². The molecule has 236 valence electrons. The highest BCUT2D eigenvalue weighted by atomic mass is 35.5. The lowest BCUT2D eigenvalue weighted by Crippen LogP contribution is -2.29. The van der Waals surface area contributed by atoms with E-state index in [0.717, 1.165) is 11.1 Å². The number of amides is 1. The predicted molar refractivity (Wildman–Crippen MR) is 180 cm³/mol. The molecule has 0 radical (unpaired) electrons. The fourth-order valence-corrected chi connectivity index (χ4v) is 7.47. The second-order valence-electron chi connectivity index (χ2n) is 10.6. The standard InChI is InChI=1S/C35H26ClN3O6S2/c36-26-12-5-4-9-24(26)20-46-35-38-37-34(47-35)39-30(22-10-6-11-25(17-22)45-19-21-7-2-1-3-8-21)29(32(41)33(39)42)31(40)23-13-14-27-28(18-23)44-16-15-43-27/h1-14,17-18,30,40H,15-16,19-20H2/b31-29+/t30-/m0/s1. The minimum Gasteiger partial charge on any atom is -0.507 e. The molecule has 5 aromatic rings. The van der Waals surface area contributed by atoms with Gasteiger partial charge in [-0.05, 0) is 53.1 Å². The van der Waals surface area contributed by atoms with Gasteiger partial charge in [-0.2, -0.15) is 0 Å². The van der Waals surface area contributed by atoms with Crippen molar-refractivity contribution >= 4 is 57.3 Å². The SMILES string of the molecule is O=C1C(=O)N(c2nnc(SCc3ccccc3Cl)s2)[C@@H](c2cccc(OCc3ccccc3)c2)/C1=C(\O)c1ccc2c(c1)OCCO2. The van der Waals surface area contributed by atoms with E-state index in [1.165, 1.54) is 28.0 Å². The van der Waals surface area contributed by atoms with Gasteiger partial charge < -0.3 is 19.3 Å². The number of hydrogen-bond donors (Lipinski definition) is 1. The molecule has 12 heteroatoms. The van der Waals surface area contributed by atoms with Crippen molar-refractivity contribution < 1.29 is 28.9 Å². The number of benzene rings is 4. The first-order valence-electron chi connectivity index (χ1n) is 14.6. The van der Waals surface area contributed by atoms with E-state index in [-0.39, 0.29) is 16.5 Å². The number of ketones is 1. The van der Waals surface area contributed by atoms with E-state index in [2.05, 4.69) is 10.2 Å². The van der Waals surface area contributed by atoms with Gasteiger partial charge >= 0.3 is 5.91 Å². The molecule has 1 aromatic heterocycles. The van der Waals surface area contributed by atoms with Crippen molar-refractivity contribution in [3.63, 3.8) is 0 Å². The number of halogens is 1. The molecule has 1 amide bonds. The van der Waals surface area contributed by atoms with Crippen LogP contribution in [-0.4, -0.2) is 40.2 Å². The lowest BCUT2D eigenvalue weighted by Gasteiger charge is -2.23. The molecule has 0 spiro atoms. The van der Waals surface area contributed by atoms with Crippen molar-refractivity contribution in [1.29, 1.82) is 0 Å². The third-order valence-corrected chi connectivity index (χ3v) is 10.1. The van der Waals surface area contributed by atoms with Crippen LogP contribution in [-0.2, 0) is 21.9 Å². The highest BCUT2D eigenvalue weighted by molar-refractivity contribution is 8.00. The molecule has 1 atom stereocenters. The Morgan fingerprint density at radius 3 is 2.55 bits per heavy atom. The highest BCUT2D eigenvalue weighted by Crippen LogP contribution is 2.45. The van der Waals surface area contributed by atoms with Gasteiger partial charge in [0.2, 0.25) is 5.13 Å². The first kappa shape index (κ1) is 30.8. The molecule has 3 heterocycles. The van der Waals surface area contributed by atoms with Crippen LogP contribution in [0.15, 0.2) is 107 Å². The Balaban J connectivity index is 1.26. The summed E-state index contributed by atoms with van der Waals surface area (Å²) in [6, 6.07) is 28.3. The van der Waals surface area contributed by atoms with E-state index < -0.39 is 17.7 Å². The van der Waals surface area contributed by atoms with Crippen LogP contribution in [0.25, 0.3) is 5.76 Å². The number of ether oxygens (including phenoxy) is 3. The quantitative estimate of drug-likeness (QED) is 0.0556. The van der Waals surface area contributed by atoms with E-state index in [1.807, 2.05) is 54.6 Å². The van der Waals surface area contributed by atoms with Gasteiger partial charge in [0.25, 0.3) is 5.78 Å². The number of aliphatic hydroxyl groups excluding tert-OH is 1. The fourth-order valence-electron chi connectivity index (χ4n) is 5.32. The number of carbonyl (C=O) groups is 2. The third-order valence-electron chi connectivity index (χ3n) is 7.59. The number of Topliss-reactive ketones (excluding diaryl/α,β-unsaturated/α-hetero) is 1. The third kappa shape index (κ3) is 6.42. The molecule has 4 aromatic carbocycles. The zero-order chi connectivity index (χ0) is 32.3. The van der Waals surface area contributed by atoms with Crippen LogP contribution in [0.5, 0.6) is 17.2 Å². The van der Waals surface area contributed by atoms with Crippen LogP contribution in [0, 0.1) is 0 Å². The molecule has 9 nitrogen and oxygen atoms in total. The first-order chi connectivity index (χ1) is 23.0. The maximum Gasteiger partial charge on any atom is 0.301 e. The Morgan fingerprint density at radius 1 is 0.936 bits per heavy atom. The summed E-state index contributed by atoms with van der Waals surface area (Å²) in [7, 11) is 0. The van der Waals surface area contributed by atoms with Crippen LogP contribution in [0.4, 0.5) is 5.13 Å². The Bertz CT molecular complexity index is 2000. The lowest BCUT2D eigenvalue weighted by atomic mass is 9.95. The summed E-state index contributed by atoms with van der Waals surface area (Å²) in [6.45, 7) is 1.09. The molecule has 2 aliphatic rings. The van der Waals surface area contributed by atoms with Crippen LogP contribution in [0.3, 0.4) is 0 Å². The zero-order valence-electron chi connectivity index (χ0n) is 24.7. The second kappa shape index (κ2) is 13.5. The van der Waals surface area contributed by atoms with Crippen molar-refractivity contribution in [2.24, 2.45) is 0 Å². The van der Waals surface area contributed by atoms with Crippen LogP contribution >= 0.6 is 34.7 Å². The molecule has 7 rings (SSSR count). The number of carbonyl (C=O) groups excluding carboxylic acids is 2. The zero-order valence-corrected chi connectivity index (χ0v) is 27.1. The van der Waals surface area contributed by atoms with Crippen molar-refractivity contribution in [1.82, 2.24) is 10.2 Å². The molecule has 1 N–H and O–H groups in total. The molecule has 2 aliphatic heterocycles. The smallest absolute Gasteiger partial charge is 0.301 e. The average Bonchev–Trinajstić information content (AvgIpc) is 3.68. The summed E-state index contributed by atoms with van der Waals surface area (Å²) in [5.41, 5.74) is 2.69. The highest BCUT2D eigenvalue weighted by Gasteiger charge is 2.48. The number of anilines is 1. The van der Waals surface area contributed by atoms with Crippen LogP contribution in [0.1, 0.15) is 28.3 Å². The van der Waals surface area contributed by atoms with Gasteiger partial charge in [0, 0.05) is 16.3 Å². The van der Waals surface area contributed by atoms with E-state index in [1.54, 1.807) is 42.5 Å². The summed E-state index contributed by atoms with van der Waals surface area (Å²) in [5.74, 6) is 0.0183. The molecule has 47 heavy (non-hydrogen) atoms. The average molecular weight is 684 g/mol. The van der Waals surface area contributed by atoms with Crippen molar-refractivity contribution in [2.75, 3.05) is 18.1 Å². The normalized spacial score (nSPS) is 16.8. The minimum atomic E-state index is -1.02. The molecule has 0 bridgehead atoms. The largest absolute Gasteiger partial charge is 0.507 e. The molecule has 0 unspecified atom stereocenters. The van der Waals surface area contributed by atoms with Crippen LogP contribution in [0.2, 0.25) is 5.02 Å². The van der Waals surface area contributed by atoms with E-state index in [9.17, 15) is 14.7 Å². The van der Waals surface area contributed by atoms with Gasteiger partial charge in [-0.15, -0.1) is 10.2 Å². The number of thioether (sulfide) groups is 1. The fraction of sp³-hybridized carbons (Fsp3) is 0.143. The molecular formula is C35H26ClN3O6S2. The van der Waals surface area contributed by atoms with E-state index >= 15 is 0 Å². The summed E-state index contributed by atoms with van der Waals surface area (Å²) in [4.78, 5) is 28.8. The minimum absolute atomic E-state index is 0.0904. The number of fused-ring (bicyclic) bond motifs is 1. The molecular weight excluding hydrogens is 658 g/mol. The second-order valence-corrected chi connectivity index (χ2v) is 13.2. The number of rotatable bonds is 9. The van der Waals surface area contributed by atoms with Crippen LogP contribution < -0.4 is 19.1 Å². The molecule has 1 saturated heterocycles. The molecule has 0 aliphatic carbocycles. The van der Waals surface area contributed by atoms with Gasteiger partial charge in [-0.3, -0.25) is 14.5 Å². The van der Waals surface area contributed by atoms with Gasteiger partial charge in [0.05, 0.1) is 11.6 Å². The Morgan fingerprint density at radius 2 is 1.72 bits per heavy atom. The summed E-state index contributed by atoms with van der Waals surface area (Å²) in [6.07, 6.45) is 0. The van der Waals surface area contributed by atoms with E-state index in [0.29, 0.717) is 63.3 Å². The number of aromatic nitrogens is 2. The van der Waals surface area contributed by atoms with Crippen molar-refractivity contribution in [2.45, 2.75) is 22.7 Å². The molecule has 1 fully saturated rings. The number of aliphatic hydroxyl groups is 1. The van der Waals surface area contributed by atoms with Gasteiger partial charge in [-0.25, -0.2) is 0 Å². The van der Waals surface area contributed by atoms with Gasteiger partial charge in [0.15, 0.2) is 15.8 Å².